The first-order valence-electron chi connectivity index (χ1n) is 22.7. The van der Waals surface area contributed by atoms with Gasteiger partial charge < -0.3 is 24.3 Å². The summed E-state index contributed by atoms with van der Waals surface area (Å²) in [5.41, 5.74) is 4.37. The Kier molecular flexibility index (Phi) is 20.6. The Balaban J connectivity index is 1.18. The first-order chi connectivity index (χ1) is 32.7. The lowest BCUT2D eigenvalue weighted by molar-refractivity contribution is -0.155. The molecule has 1 saturated heterocycles. The molecule has 0 saturated carbocycles. The minimum Gasteiger partial charge on any atom is -0.460 e. The van der Waals surface area contributed by atoms with E-state index in [1.54, 1.807) is 0 Å². The van der Waals surface area contributed by atoms with E-state index in [4.69, 9.17) is 18.9 Å². The van der Waals surface area contributed by atoms with Crippen LogP contribution >= 0.6 is 0 Å². The molecule has 1 atom stereocenters. The van der Waals surface area contributed by atoms with Crippen molar-refractivity contribution in [3.63, 3.8) is 0 Å². The minimum absolute atomic E-state index is 0.00646. The maximum Gasteiger partial charge on any atom is 0.320 e. The van der Waals surface area contributed by atoms with Crippen LogP contribution in [0.2, 0.25) is 0 Å². The van der Waals surface area contributed by atoms with Gasteiger partial charge in [-0.15, -0.1) is 0 Å². The van der Waals surface area contributed by atoms with Crippen LogP contribution in [0.4, 0.5) is 0 Å². The van der Waals surface area contributed by atoms with Crippen LogP contribution in [0.3, 0.4) is 0 Å². The molecule has 5 aromatic carbocycles. The Morgan fingerprint density at radius 3 is 1.19 bits per heavy atom. The first-order valence-corrected chi connectivity index (χ1v) is 22.7. The molecule has 1 aliphatic rings. The molecule has 0 aromatic heterocycles. The predicted molar refractivity (Wildman–Crippen MR) is 253 cm³/mol. The third-order valence-corrected chi connectivity index (χ3v) is 11.2. The fourth-order valence-corrected chi connectivity index (χ4v) is 7.59. The fourth-order valence-electron chi connectivity index (χ4n) is 7.59. The number of amides is 1. The molecule has 6 rings (SSSR count). The lowest BCUT2D eigenvalue weighted by Gasteiger charge is -2.35. The standard InChI is InChI=1S/C53H61N5O9/c59-49(54-26-27-55-28-30-56(31-29-55)33-43-16-6-1-7-17-43)32-48(58(37-52(62)66-41-46-22-12-4-13-23-46)38-53(63)67-42-47-24-14-5-15-25-47)34-57(35-50(60)64-39-44-18-8-2-9-19-44)36-51(61)65-40-45-20-10-3-11-21-45/h1-25,48H,26-42H2,(H,54,59). The summed E-state index contributed by atoms with van der Waals surface area (Å²) in [6.07, 6.45) is -0.197. The first kappa shape index (κ1) is 49.7. The zero-order chi connectivity index (χ0) is 46.9. The molecule has 1 heterocycles. The van der Waals surface area contributed by atoms with E-state index in [0.717, 1.165) is 55.0 Å². The van der Waals surface area contributed by atoms with E-state index in [2.05, 4.69) is 27.2 Å². The van der Waals surface area contributed by atoms with Crippen LogP contribution in [-0.2, 0) is 75.9 Å². The van der Waals surface area contributed by atoms with Gasteiger partial charge in [-0.25, -0.2) is 0 Å². The molecule has 67 heavy (non-hydrogen) atoms. The highest BCUT2D eigenvalue weighted by atomic mass is 16.5. The lowest BCUT2D eigenvalue weighted by atomic mass is 10.1. The van der Waals surface area contributed by atoms with Gasteiger partial charge in [-0.2, -0.15) is 0 Å². The second-order valence-electron chi connectivity index (χ2n) is 16.5. The molecular formula is C53H61N5O9. The highest BCUT2D eigenvalue weighted by Gasteiger charge is 2.31. The van der Waals surface area contributed by atoms with Gasteiger partial charge >= 0.3 is 23.9 Å². The number of hydrogen-bond donors (Lipinski definition) is 1. The van der Waals surface area contributed by atoms with Crippen molar-refractivity contribution < 1.29 is 42.9 Å². The molecule has 1 N–H and O–H groups in total. The van der Waals surface area contributed by atoms with Crippen molar-refractivity contribution in [2.45, 2.75) is 45.4 Å². The van der Waals surface area contributed by atoms with Gasteiger partial charge in [-0.05, 0) is 27.8 Å². The summed E-state index contributed by atoms with van der Waals surface area (Å²) in [6, 6.07) is 46.3. The minimum atomic E-state index is -0.904. The van der Waals surface area contributed by atoms with Crippen molar-refractivity contribution in [3.8, 4) is 0 Å². The van der Waals surface area contributed by atoms with Crippen LogP contribution in [0.15, 0.2) is 152 Å². The zero-order valence-electron chi connectivity index (χ0n) is 38.0. The van der Waals surface area contributed by atoms with Crippen molar-refractivity contribution in [2.75, 3.05) is 72.0 Å². The van der Waals surface area contributed by atoms with Crippen molar-refractivity contribution >= 4 is 29.8 Å². The van der Waals surface area contributed by atoms with Gasteiger partial charge in [0.05, 0.1) is 26.2 Å². The highest BCUT2D eigenvalue weighted by molar-refractivity contribution is 5.78. The molecular weight excluding hydrogens is 851 g/mol. The topological polar surface area (TPSA) is 147 Å². The average Bonchev–Trinajstić information content (AvgIpc) is 3.35. The smallest absolute Gasteiger partial charge is 0.320 e. The van der Waals surface area contributed by atoms with Gasteiger partial charge in [0.2, 0.25) is 5.91 Å². The van der Waals surface area contributed by atoms with Crippen LogP contribution in [0.1, 0.15) is 34.2 Å². The summed E-state index contributed by atoms with van der Waals surface area (Å²) >= 11 is 0. The molecule has 1 aliphatic heterocycles. The third-order valence-electron chi connectivity index (χ3n) is 11.2. The van der Waals surface area contributed by atoms with Crippen molar-refractivity contribution in [1.29, 1.82) is 0 Å². The monoisotopic (exact) mass is 911 g/mol. The number of carbonyl (C=O) groups excluding carboxylic acids is 5. The molecule has 1 fully saturated rings. The molecule has 0 aliphatic carbocycles. The molecule has 0 radical (unpaired) electrons. The zero-order valence-corrected chi connectivity index (χ0v) is 38.0. The molecule has 0 bridgehead atoms. The third kappa shape index (κ3) is 19.0. The van der Waals surface area contributed by atoms with Crippen molar-refractivity contribution in [2.24, 2.45) is 0 Å². The van der Waals surface area contributed by atoms with Crippen LogP contribution < -0.4 is 5.32 Å². The van der Waals surface area contributed by atoms with E-state index in [0.29, 0.717) is 13.1 Å². The number of rotatable bonds is 26. The second-order valence-corrected chi connectivity index (χ2v) is 16.5. The molecule has 1 unspecified atom stereocenters. The number of nitrogens with zero attached hydrogens (tertiary/aromatic N) is 4. The Labute approximate surface area is 393 Å². The number of benzene rings is 5. The molecule has 5 aromatic rings. The van der Waals surface area contributed by atoms with Crippen LogP contribution in [0.25, 0.3) is 0 Å². The van der Waals surface area contributed by atoms with Crippen molar-refractivity contribution in [1.82, 2.24) is 24.9 Å². The summed E-state index contributed by atoms with van der Waals surface area (Å²) in [5, 5.41) is 3.04. The van der Waals surface area contributed by atoms with Crippen LogP contribution in [-0.4, -0.2) is 127 Å². The summed E-state index contributed by atoms with van der Waals surface area (Å²) in [5.74, 6) is -2.88. The van der Waals surface area contributed by atoms with Gasteiger partial charge in [0.15, 0.2) is 0 Å². The second kappa shape index (κ2) is 27.7. The Hall–Kier alpha value is -6.71. The normalized spacial score (nSPS) is 13.4. The Morgan fingerprint density at radius 2 is 0.806 bits per heavy atom. The van der Waals surface area contributed by atoms with E-state index in [9.17, 15) is 24.0 Å². The fraction of sp³-hybridized carbons (Fsp3) is 0.340. The SMILES string of the molecule is O=C(CC(CN(CC(=O)OCc1ccccc1)CC(=O)OCc1ccccc1)N(CC(=O)OCc1ccccc1)CC(=O)OCc1ccccc1)NCCN1CCN(Cc2ccccc2)CC1. The van der Waals surface area contributed by atoms with Gasteiger partial charge in [-0.1, -0.05) is 152 Å². The number of esters is 4. The molecule has 352 valence electrons. The predicted octanol–water partition coefficient (Wildman–Crippen LogP) is 5.26. The summed E-state index contributed by atoms with van der Waals surface area (Å²) < 4.78 is 22.6. The number of carbonyl (C=O) groups is 5. The molecule has 1 amide bonds. The van der Waals surface area contributed by atoms with Gasteiger partial charge in [-0.3, -0.25) is 43.6 Å². The van der Waals surface area contributed by atoms with E-state index in [1.165, 1.54) is 15.4 Å². The van der Waals surface area contributed by atoms with Crippen LogP contribution in [0.5, 0.6) is 0 Å². The van der Waals surface area contributed by atoms with E-state index in [-0.39, 0.29) is 58.4 Å². The number of hydrogen-bond acceptors (Lipinski definition) is 13. The van der Waals surface area contributed by atoms with Gasteiger partial charge in [0, 0.05) is 64.8 Å². The maximum atomic E-state index is 14.0. The molecule has 14 nitrogen and oxygen atoms in total. The summed E-state index contributed by atoms with van der Waals surface area (Å²) in [7, 11) is 0. The average molecular weight is 912 g/mol. The number of piperazine rings is 1. The van der Waals surface area contributed by atoms with E-state index >= 15 is 0 Å². The number of nitrogens with one attached hydrogen (secondary N) is 1. The van der Waals surface area contributed by atoms with Crippen LogP contribution in [0, 0.1) is 0 Å². The van der Waals surface area contributed by atoms with Crippen molar-refractivity contribution in [3.05, 3.63) is 179 Å². The van der Waals surface area contributed by atoms with E-state index < -0.39 is 43.0 Å². The van der Waals surface area contributed by atoms with Gasteiger partial charge in [0.25, 0.3) is 0 Å². The Morgan fingerprint density at radius 1 is 0.463 bits per heavy atom. The van der Waals surface area contributed by atoms with Gasteiger partial charge in [0.1, 0.15) is 26.4 Å². The summed E-state index contributed by atoms with van der Waals surface area (Å²) in [6.45, 7) is 3.75. The van der Waals surface area contributed by atoms with E-state index in [1.807, 2.05) is 140 Å². The quantitative estimate of drug-likeness (QED) is 0.0570. The largest absolute Gasteiger partial charge is 0.460 e. The lowest BCUT2D eigenvalue weighted by Crippen LogP contribution is -2.52. The highest BCUT2D eigenvalue weighted by Crippen LogP contribution is 2.14. The Bertz CT molecular complexity index is 2130. The summed E-state index contributed by atoms with van der Waals surface area (Å²) in [4.78, 5) is 76.0. The maximum absolute atomic E-state index is 14.0. The molecule has 0 spiro atoms. The number of ether oxygens (including phenoxy) is 4. The molecule has 14 heteroatoms.